The van der Waals surface area contributed by atoms with E-state index in [1.807, 2.05) is 36.4 Å². The van der Waals surface area contributed by atoms with Gasteiger partial charge in [-0.3, -0.25) is 0 Å². The van der Waals surface area contributed by atoms with Crippen LogP contribution in [-0.2, 0) is 4.74 Å². The number of nitrogens with zero attached hydrogens (tertiary/aromatic N) is 1. The Morgan fingerprint density at radius 1 is 1.00 bits per heavy atom. The van der Waals surface area contributed by atoms with E-state index in [9.17, 15) is 4.79 Å². The van der Waals surface area contributed by atoms with Gasteiger partial charge in [-0.05, 0) is 35.7 Å². The van der Waals surface area contributed by atoms with E-state index < -0.39 is 0 Å². The highest BCUT2D eigenvalue weighted by atomic mass is 32.1. The van der Waals surface area contributed by atoms with Gasteiger partial charge < -0.3 is 4.74 Å². The molecule has 24 heavy (non-hydrogen) atoms. The molecule has 0 radical (unpaired) electrons. The molecule has 0 unspecified atom stereocenters. The molecule has 4 aromatic rings. The van der Waals surface area contributed by atoms with Gasteiger partial charge >= 0.3 is 5.97 Å². The van der Waals surface area contributed by atoms with E-state index in [4.69, 9.17) is 9.72 Å². The van der Waals surface area contributed by atoms with Gasteiger partial charge in [0.1, 0.15) is 0 Å². The number of benzene rings is 1. The van der Waals surface area contributed by atoms with Crippen molar-refractivity contribution in [3.63, 3.8) is 0 Å². The van der Waals surface area contributed by atoms with Gasteiger partial charge in [-0.2, -0.15) is 0 Å². The lowest BCUT2D eigenvalue weighted by Crippen LogP contribution is -2.03. The Bertz CT molecular complexity index is 1020. The molecular formula is C19H13NO2S2. The van der Waals surface area contributed by atoms with E-state index in [2.05, 4.69) is 23.6 Å². The lowest BCUT2D eigenvalue weighted by Gasteiger charge is -2.07. The molecule has 0 spiro atoms. The molecule has 3 heterocycles. The van der Waals surface area contributed by atoms with Crippen LogP contribution in [0.25, 0.3) is 31.2 Å². The number of ether oxygens (including phenoxy) is 1. The number of carbonyl (C=O) groups excluding carboxylic acids is 1. The molecule has 3 aromatic heterocycles. The number of para-hydroxylation sites is 1. The third-order valence-corrected chi connectivity index (χ3v) is 5.92. The molecule has 0 aliphatic heterocycles. The van der Waals surface area contributed by atoms with E-state index in [0.29, 0.717) is 5.56 Å². The van der Waals surface area contributed by atoms with Crippen molar-refractivity contribution in [2.75, 3.05) is 7.11 Å². The van der Waals surface area contributed by atoms with Crippen LogP contribution < -0.4 is 0 Å². The standard InChI is InChI=1S/C19H13NO2S2/c1-22-19(21)13-11-15(20-14-6-3-2-5-12(13)14)16-8-9-18(24-16)17-7-4-10-23-17/h2-11H,1H3. The van der Waals surface area contributed by atoms with Crippen molar-refractivity contribution in [2.24, 2.45) is 0 Å². The molecule has 0 amide bonds. The number of methoxy groups -OCH3 is 1. The molecular weight excluding hydrogens is 338 g/mol. The van der Waals surface area contributed by atoms with Crippen LogP contribution in [0.2, 0.25) is 0 Å². The first-order valence-corrected chi connectivity index (χ1v) is 9.08. The van der Waals surface area contributed by atoms with Crippen LogP contribution >= 0.6 is 22.7 Å². The van der Waals surface area contributed by atoms with Gasteiger partial charge in [-0.15, -0.1) is 22.7 Å². The molecule has 4 rings (SSSR count). The van der Waals surface area contributed by atoms with Gasteiger partial charge in [0.25, 0.3) is 0 Å². The fourth-order valence-electron chi connectivity index (χ4n) is 2.61. The molecule has 0 aliphatic carbocycles. The molecule has 0 atom stereocenters. The van der Waals surface area contributed by atoms with E-state index in [1.165, 1.54) is 16.9 Å². The summed E-state index contributed by atoms with van der Waals surface area (Å²) in [6.07, 6.45) is 0. The number of fused-ring (bicyclic) bond motifs is 1. The number of hydrogen-bond acceptors (Lipinski definition) is 5. The molecule has 1 aromatic carbocycles. The van der Waals surface area contributed by atoms with E-state index in [0.717, 1.165) is 21.5 Å². The predicted octanol–water partition coefficient (Wildman–Crippen LogP) is 5.48. The predicted molar refractivity (Wildman–Crippen MR) is 99.7 cm³/mol. The van der Waals surface area contributed by atoms with E-state index in [1.54, 1.807) is 22.7 Å². The smallest absolute Gasteiger partial charge is 0.338 e. The molecule has 3 nitrogen and oxygen atoms in total. The molecule has 0 aliphatic rings. The van der Waals surface area contributed by atoms with Crippen molar-refractivity contribution < 1.29 is 9.53 Å². The number of aromatic nitrogens is 1. The second kappa shape index (κ2) is 6.19. The second-order valence-corrected chi connectivity index (χ2v) is 7.24. The summed E-state index contributed by atoms with van der Waals surface area (Å²) in [6, 6.07) is 17.7. The van der Waals surface area contributed by atoms with Crippen LogP contribution in [0.1, 0.15) is 10.4 Å². The third kappa shape index (κ3) is 2.62. The zero-order chi connectivity index (χ0) is 16.5. The van der Waals surface area contributed by atoms with Crippen molar-refractivity contribution >= 4 is 39.5 Å². The Kier molecular flexibility index (Phi) is 3.88. The number of rotatable bonds is 3. The minimum atomic E-state index is -0.343. The molecule has 118 valence electrons. The highest BCUT2D eigenvalue weighted by Crippen LogP contribution is 2.36. The summed E-state index contributed by atoms with van der Waals surface area (Å²) >= 11 is 3.39. The summed E-state index contributed by atoms with van der Waals surface area (Å²) in [5.74, 6) is -0.343. The molecule has 0 saturated heterocycles. The van der Waals surface area contributed by atoms with Gasteiger partial charge in [-0.1, -0.05) is 24.3 Å². The molecule has 0 N–H and O–H groups in total. The molecule has 0 fully saturated rings. The SMILES string of the molecule is COC(=O)c1cc(-c2ccc(-c3cccs3)s2)nc2ccccc12. The van der Waals surface area contributed by atoms with Crippen molar-refractivity contribution in [2.45, 2.75) is 0 Å². The van der Waals surface area contributed by atoms with Crippen molar-refractivity contribution in [1.82, 2.24) is 4.98 Å². The monoisotopic (exact) mass is 351 g/mol. The van der Waals surface area contributed by atoms with Gasteiger partial charge in [0.15, 0.2) is 0 Å². The van der Waals surface area contributed by atoms with Crippen LogP contribution in [0.3, 0.4) is 0 Å². The Labute approximate surface area is 147 Å². The fourth-order valence-corrected chi connectivity index (χ4v) is 4.41. The third-order valence-electron chi connectivity index (χ3n) is 3.74. The largest absolute Gasteiger partial charge is 0.465 e. The number of hydrogen-bond donors (Lipinski definition) is 0. The maximum absolute atomic E-state index is 12.2. The number of carbonyl (C=O) groups is 1. The number of esters is 1. The summed E-state index contributed by atoms with van der Waals surface area (Å²) in [4.78, 5) is 20.4. The minimum absolute atomic E-state index is 0.343. The molecule has 0 bridgehead atoms. The van der Waals surface area contributed by atoms with Crippen molar-refractivity contribution in [3.8, 4) is 20.3 Å². The van der Waals surface area contributed by atoms with Crippen molar-refractivity contribution in [1.29, 1.82) is 0 Å². The first-order chi connectivity index (χ1) is 11.8. The lowest BCUT2D eigenvalue weighted by molar-refractivity contribution is 0.0603. The van der Waals surface area contributed by atoms with Gasteiger partial charge in [0, 0.05) is 15.1 Å². The summed E-state index contributed by atoms with van der Waals surface area (Å²) in [5, 5.41) is 2.88. The maximum Gasteiger partial charge on any atom is 0.338 e. The molecule has 5 heteroatoms. The van der Waals surface area contributed by atoms with Gasteiger partial charge in [0.05, 0.1) is 28.8 Å². The molecule has 0 saturated carbocycles. The first kappa shape index (κ1) is 15.1. The normalized spacial score (nSPS) is 10.9. The topological polar surface area (TPSA) is 39.2 Å². The Morgan fingerprint density at radius 2 is 1.83 bits per heavy atom. The van der Waals surface area contributed by atoms with E-state index >= 15 is 0 Å². The second-order valence-electron chi connectivity index (χ2n) is 5.20. The minimum Gasteiger partial charge on any atom is -0.465 e. The fraction of sp³-hybridized carbons (Fsp3) is 0.0526. The average Bonchev–Trinajstić information content (AvgIpc) is 3.31. The first-order valence-electron chi connectivity index (χ1n) is 7.38. The Hall–Kier alpha value is -2.50. The number of pyridine rings is 1. The Morgan fingerprint density at radius 3 is 2.62 bits per heavy atom. The van der Waals surface area contributed by atoms with Crippen LogP contribution in [0, 0.1) is 0 Å². The maximum atomic E-state index is 12.2. The zero-order valence-electron chi connectivity index (χ0n) is 12.9. The highest BCUT2D eigenvalue weighted by molar-refractivity contribution is 7.23. The average molecular weight is 351 g/mol. The zero-order valence-corrected chi connectivity index (χ0v) is 14.5. The number of thiophene rings is 2. The summed E-state index contributed by atoms with van der Waals surface area (Å²) in [5.41, 5.74) is 2.13. The summed E-state index contributed by atoms with van der Waals surface area (Å²) < 4.78 is 4.94. The lowest BCUT2D eigenvalue weighted by atomic mass is 10.1. The van der Waals surface area contributed by atoms with Gasteiger partial charge in [-0.25, -0.2) is 9.78 Å². The van der Waals surface area contributed by atoms with Crippen molar-refractivity contribution in [3.05, 3.63) is 65.5 Å². The van der Waals surface area contributed by atoms with Crippen LogP contribution in [0.4, 0.5) is 0 Å². The van der Waals surface area contributed by atoms with E-state index in [-0.39, 0.29) is 5.97 Å². The van der Waals surface area contributed by atoms with Gasteiger partial charge in [0.2, 0.25) is 0 Å². The van der Waals surface area contributed by atoms with Crippen LogP contribution in [0.5, 0.6) is 0 Å². The van der Waals surface area contributed by atoms with Crippen LogP contribution in [-0.4, -0.2) is 18.1 Å². The highest BCUT2D eigenvalue weighted by Gasteiger charge is 2.15. The quantitative estimate of drug-likeness (QED) is 0.459. The van der Waals surface area contributed by atoms with Crippen LogP contribution in [0.15, 0.2) is 60.0 Å². The Balaban J connectivity index is 1.86. The summed E-state index contributed by atoms with van der Waals surface area (Å²) in [7, 11) is 1.40. The summed E-state index contributed by atoms with van der Waals surface area (Å²) in [6.45, 7) is 0.